The number of fused-ring (bicyclic) bond motifs is 6. The quantitative estimate of drug-likeness (QED) is 0.156. The van der Waals surface area contributed by atoms with Crippen LogP contribution in [0.25, 0.3) is 84.9 Å². The predicted molar refractivity (Wildman–Crippen MR) is 249 cm³/mol. The van der Waals surface area contributed by atoms with E-state index < -0.39 is 0 Å². The summed E-state index contributed by atoms with van der Waals surface area (Å²) in [6, 6.07) is 77.5. The van der Waals surface area contributed by atoms with E-state index in [2.05, 4.69) is 217 Å². The summed E-state index contributed by atoms with van der Waals surface area (Å²) in [6.07, 6.45) is 0. The summed E-state index contributed by atoms with van der Waals surface area (Å²) in [6.45, 7) is 0. The third-order valence-corrected chi connectivity index (χ3v) is 13.5. The standard InChI is InChI=1S/C54H35NS2/c1-3-13-37(14-4-1)43-17-7-8-18-44(43)39-27-32-42(33-28-39)55(41-30-25-36(26-31-41)40-29-34-47-46-19-9-10-24-51(46)56-52(47)35-40)50-23-12-22-49-48-21-11-20-45(53(48)57-54(49)50)38-15-5-2-6-16-38/h1-35H. The fourth-order valence-electron chi connectivity index (χ4n) is 8.36. The highest BCUT2D eigenvalue weighted by atomic mass is 32.1. The Kier molecular flexibility index (Phi) is 8.28. The summed E-state index contributed by atoms with van der Waals surface area (Å²) >= 11 is 3.76. The molecule has 0 aliphatic rings. The molecule has 0 spiro atoms. The maximum absolute atomic E-state index is 2.44. The molecule has 2 heterocycles. The molecule has 268 valence electrons. The second-order valence-electron chi connectivity index (χ2n) is 14.5. The molecule has 3 heteroatoms. The molecule has 0 bridgehead atoms. The van der Waals surface area contributed by atoms with Gasteiger partial charge in [0.15, 0.2) is 0 Å². The number of anilines is 3. The van der Waals surface area contributed by atoms with Crippen LogP contribution >= 0.6 is 22.7 Å². The lowest BCUT2D eigenvalue weighted by atomic mass is 9.94. The average Bonchev–Trinajstić information content (AvgIpc) is 3.86. The highest BCUT2D eigenvalue weighted by molar-refractivity contribution is 7.27. The van der Waals surface area contributed by atoms with Gasteiger partial charge in [-0.1, -0.05) is 170 Å². The molecular formula is C54H35NS2. The van der Waals surface area contributed by atoms with Crippen molar-refractivity contribution in [2.24, 2.45) is 0 Å². The highest BCUT2D eigenvalue weighted by Gasteiger charge is 2.20. The van der Waals surface area contributed by atoms with Crippen molar-refractivity contribution >= 4 is 80.1 Å². The molecule has 9 aromatic carbocycles. The van der Waals surface area contributed by atoms with E-state index in [0.29, 0.717) is 0 Å². The van der Waals surface area contributed by atoms with E-state index in [-0.39, 0.29) is 0 Å². The van der Waals surface area contributed by atoms with E-state index in [1.54, 1.807) is 0 Å². The SMILES string of the molecule is c1ccc(-c2ccccc2-c2ccc(N(c3ccc(-c4ccc5c(c4)sc4ccccc45)cc3)c3cccc4c3sc3c(-c5ccccc5)cccc34)cc2)cc1. The Labute approximate surface area is 340 Å². The molecule has 0 saturated carbocycles. The van der Waals surface area contributed by atoms with Gasteiger partial charge < -0.3 is 4.90 Å². The molecule has 0 unspecified atom stereocenters. The molecule has 11 aromatic rings. The molecule has 0 fully saturated rings. The number of benzene rings is 9. The van der Waals surface area contributed by atoms with Crippen LogP contribution in [0.1, 0.15) is 0 Å². The molecule has 0 aliphatic carbocycles. The first-order chi connectivity index (χ1) is 28.3. The van der Waals surface area contributed by atoms with Gasteiger partial charge in [0.2, 0.25) is 0 Å². The van der Waals surface area contributed by atoms with Gasteiger partial charge in [0, 0.05) is 47.0 Å². The van der Waals surface area contributed by atoms with Crippen LogP contribution in [-0.2, 0) is 0 Å². The van der Waals surface area contributed by atoms with E-state index >= 15 is 0 Å². The van der Waals surface area contributed by atoms with Gasteiger partial charge in [0.05, 0.1) is 10.4 Å². The fourth-order valence-corrected chi connectivity index (χ4v) is 10.8. The number of nitrogens with zero attached hydrogens (tertiary/aromatic N) is 1. The van der Waals surface area contributed by atoms with Gasteiger partial charge in [-0.25, -0.2) is 0 Å². The Balaban J connectivity index is 1.05. The van der Waals surface area contributed by atoms with E-state index in [0.717, 1.165) is 11.4 Å². The van der Waals surface area contributed by atoms with Crippen molar-refractivity contribution in [1.82, 2.24) is 0 Å². The molecule has 1 nitrogen and oxygen atoms in total. The lowest BCUT2D eigenvalue weighted by molar-refractivity contribution is 1.30. The van der Waals surface area contributed by atoms with Gasteiger partial charge in [-0.3, -0.25) is 0 Å². The zero-order chi connectivity index (χ0) is 37.7. The Morgan fingerprint density at radius 2 is 0.772 bits per heavy atom. The van der Waals surface area contributed by atoms with E-state index in [1.165, 1.54) is 90.5 Å². The monoisotopic (exact) mass is 761 g/mol. The molecule has 0 saturated heterocycles. The van der Waals surface area contributed by atoms with Gasteiger partial charge in [-0.05, 0) is 87.0 Å². The van der Waals surface area contributed by atoms with Crippen LogP contribution in [-0.4, -0.2) is 0 Å². The van der Waals surface area contributed by atoms with Crippen molar-refractivity contribution in [2.45, 2.75) is 0 Å². The zero-order valence-electron chi connectivity index (χ0n) is 31.0. The fraction of sp³-hybridized carbons (Fsp3) is 0. The maximum atomic E-state index is 2.44. The number of rotatable bonds is 7. The smallest absolute Gasteiger partial charge is 0.0640 e. The van der Waals surface area contributed by atoms with Crippen LogP contribution in [0.15, 0.2) is 212 Å². The molecule has 2 aromatic heterocycles. The first kappa shape index (κ1) is 33.5. The summed E-state index contributed by atoms with van der Waals surface area (Å²) in [5.74, 6) is 0. The summed E-state index contributed by atoms with van der Waals surface area (Å²) in [7, 11) is 0. The normalized spacial score (nSPS) is 11.5. The molecule has 0 N–H and O–H groups in total. The third kappa shape index (κ3) is 5.91. The van der Waals surface area contributed by atoms with E-state index in [1.807, 2.05) is 22.7 Å². The Hall–Kier alpha value is -6.78. The molecule has 0 atom stereocenters. The molecule has 0 aliphatic heterocycles. The third-order valence-electron chi connectivity index (χ3n) is 11.1. The van der Waals surface area contributed by atoms with Crippen LogP contribution < -0.4 is 4.90 Å². The zero-order valence-corrected chi connectivity index (χ0v) is 32.6. The van der Waals surface area contributed by atoms with Gasteiger partial charge in [0.1, 0.15) is 0 Å². The molecule has 0 amide bonds. The Morgan fingerprint density at radius 1 is 0.281 bits per heavy atom. The number of hydrogen-bond acceptors (Lipinski definition) is 3. The van der Waals surface area contributed by atoms with E-state index in [9.17, 15) is 0 Å². The van der Waals surface area contributed by atoms with Crippen LogP contribution in [0.2, 0.25) is 0 Å². The lowest BCUT2D eigenvalue weighted by Gasteiger charge is -2.26. The minimum Gasteiger partial charge on any atom is -0.309 e. The lowest BCUT2D eigenvalue weighted by Crippen LogP contribution is -2.10. The van der Waals surface area contributed by atoms with Gasteiger partial charge in [-0.15, -0.1) is 22.7 Å². The highest BCUT2D eigenvalue weighted by Crippen LogP contribution is 2.48. The van der Waals surface area contributed by atoms with Crippen LogP contribution in [0, 0.1) is 0 Å². The average molecular weight is 762 g/mol. The summed E-state index contributed by atoms with van der Waals surface area (Å²) < 4.78 is 5.23. The second-order valence-corrected chi connectivity index (χ2v) is 16.6. The Bertz CT molecular complexity index is 3210. The topological polar surface area (TPSA) is 3.24 Å². The first-order valence-electron chi connectivity index (χ1n) is 19.3. The minimum absolute atomic E-state index is 1.11. The van der Waals surface area contributed by atoms with E-state index in [4.69, 9.17) is 0 Å². The van der Waals surface area contributed by atoms with Crippen LogP contribution in [0.5, 0.6) is 0 Å². The van der Waals surface area contributed by atoms with Crippen molar-refractivity contribution < 1.29 is 0 Å². The molecule has 0 radical (unpaired) electrons. The number of hydrogen-bond donors (Lipinski definition) is 0. The van der Waals surface area contributed by atoms with Crippen molar-refractivity contribution in [3.8, 4) is 44.5 Å². The maximum Gasteiger partial charge on any atom is 0.0640 e. The number of thiophene rings is 2. The van der Waals surface area contributed by atoms with Crippen molar-refractivity contribution in [1.29, 1.82) is 0 Å². The van der Waals surface area contributed by atoms with Gasteiger partial charge in [-0.2, -0.15) is 0 Å². The second kappa shape index (κ2) is 14.1. The van der Waals surface area contributed by atoms with Crippen molar-refractivity contribution in [3.05, 3.63) is 212 Å². The largest absolute Gasteiger partial charge is 0.309 e. The Morgan fingerprint density at radius 3 is 1.47 bits per heavy atom. The summed E-state index contributed by atoms with van der Waals surface area (Å²) in [5, 5.41) is 5.22. The van der Waals surface area contributed by atoms with Crippen molar-refractivity contribution in [2.75, 3.05) is 4.90 Å². The molecule has 11 rings (SSSR count). The summed E-state index contributed by atoms with van der Waals surface area (Å²) in [4.78, 5) is 2.44. The van der Waals surface area contributed by atoms with Crippen LogP contribution in [0.4, 0.5) is 17.1 Å². The minimum atomic E-state index is 1.11. The van der Waals surface area contributed by atoms with Crippen LogP contribution in [0.3, 0.4) is 0 Å². The molecule has 57 heavy (non-hydrogen) atoms. The predicted octanol–water partition coefficient (Wildman–Crippen LogP) is 16.6. The van der Waals surface area contributed by atoms with Crippen molar-refractivity contribution in [3.63, 3.8) is 0 Å². The van der Waals surface area contributed by atoms with Gasteiger partial charge in [0.25, 0.3) is 0 Å². The molecular weight excluding hydrogens is 727 g/mol. The van der Waals surface area contributed by atoms with Gasteiger partial charge >= 0.3 is 0 Å². The first-order valence-corrected chi connectivity index (χ1v) is 21.0. The summed E-state index contributed by atoms with van der Waals surface area (Å²) in [5.41, 5.74) is 13.2.